The van der Waals surface area contributed by atoms with Crippen LogP contribution in [0.4, 0.5) is 4.79 Å². The molecule has 0 aromatic heterocycles. The van der Waals surface area contributed by atoms with Crippen molar-refractivity contribution in [3.05, 3.63) is 65.2 Å². The fraction of sp³-hybridized carbons (Fsp3) is 0.278. The van der Waals surface area contributed by atoms with Gasteiger partial charge in [0.2, 0.25) is 0 Å². The van der Waals surface area contributed by atoms with Crippen molar-refractivity contribution in [3.63, 3.8) is 0 Å². The minimum Gasteiger partial charge on any atom is -0.496 e. The summed E-state index contributed by atoms with van der Waals surface area (Å²) in [6, 6.07) is 15.8. The van der Waals surface area contributed by atoms with Crippen molar-refractivity contribution >= 4 is 6.03 Å². The van der Waals surface area contributed by atoms with E-state index in [1.807, 2.05) is 24.3 Å². The molecule has 0 radical (unpaired) electrons. The Morgan fingerprint density at radius 1 is 1.05 bits per heavy atom. The highest BCUT2D eigenvalue weighted by atomic mass is 16.5. The number of benzene rings is 2. The SMILES string of the molecule is COc1ccccc1CNC(=O)NCCc1ccc(C)cc1. The molecule has 22 heavy (non-hydrogen) atoms. The van der Waals surface area contributed by atoms with E-state index < -0.39 is 0 Å². The number of methoxy groups -OCH3 is 1. The van der Waals surface area contributed by atoms with Crippen LogP contribution in [0, 0.1) is 6.92 Å². The van der Waals surface area contributed by atoms with Gasteiger partial charge in [-0.1, -0.05) is 48.0 Å². The zero-order valence-corrected chi connectivity index (χ0v) is 13.1. The maximum Gasteiger partial charge on any atom is 0.315 e. The smallest absolute Gasteiger partial charge is 0.315 e. The van der Waals surface area contributed by atoms with Gasteiger partial charge in [-0.3, -0.25) is 0 Å². The van der Waals surface area contributed by atoms with E-state index in [4.69, 9.17) is 4.74 Å². The van der Waals surface area contributed by atoms with Gasteiger partial charge in [0.15, 0.2) is 0 Å². The van der Waals surface area contributed by atoms with Crippen LogP contribution in [0.2, 0.25) is 0 Å². The third-order valence-corrected chi connectivity index (χ3v) is 3.45. The van der Waals surface area contributed by atoms with E-state index in [0.717, 1.165) is 17.7 Å². The van der Waals surface area contributed by atoms with E-state index in [1.165, 1.54) is 11.1 Å². The van der Waals surface area contributed by atoms with Gasteiger partial charge in [-0.15, -0.1) is 0 Å². The minimum atomic E-state index is -0.169. The molecule has 116 valence electrons. The van der Waals surface area contributed by atoms with Crippen LogP contribution in [0.3, 0.4) is 0 Å². The van der Waals surface area contributed by atoms with E-state index in [-0.39, 0.29) is 6.03 Å². The van der Waals surface area contributed by atoms with Crippen molar-refractivity contribution in [2.45, 2.75) is 19.9 Å². The maximum absolute atomic E-state index is 11.8. The number of hydrogen-bond acceptors (Lipinski definition) is 2. The van der Waals surface area contributed by atoms with Gasteiger partial charge in [-0.25, -0.2) is 4.79 Å². The molecule has 0 fully saturated rings. The molecule has 0 aliphatic heterocycles. The fourth-order valence-corrected chi connectivity index (χ4v) is 2.16. The van der Waals surface area contributed by atoms with Crippen LogP contribution in [0.5, 0.6) is 5.75 Å². The Bertz CT molecular complexity index is 609. The largest absolute Gasteiger partial charge is 0.496 e. The first kappa shape index (κ1) is 15.9. The topological polar surface area (TPSA) is 50.4 Å². The predicted molar refractivity (Wildman–Crippen MR) is 88.1 cm³/mol. The summed E-state index contributed by atoms with van der Waals surface area (Å²) in [5, 5.41) is 5.70. The summed E-state index contributed by atoms with van der Waals surface area (Å²) in [6.07, 6.45) is 0.822. The lowest BCUT2D eigenvalue weighted by atomic mass is 10.1. The number of carbonyl (C=O) groups excluding carboxylic acids is 1. The molecule has 0 saturated carbocycles. The molecular formula is C18H22N2O2. The summed E-state index contributed by atoms with van der Waals surface area (Å²) in [6.45, 7) is 3.12. The summed E-state index contributed by atoms with van der Waals surface area (Å²) in [5.74, 6) is 0.780. The van der Waals surface area contributed by atoms with Crippen molar-refractivity contribution in [1.29, 1.82) is 0 Å². The highest BCUT2D eigenvalue weighted by molar-refractivity contribution is 5.73. The number of aryl methyl sites for hydroxylation is 1. The van der Waals surface area contributed by atoms with Gasteiger partial charge in [-0.2, -0.15) is 0 Å². The Morgan fingerprint density at radius 2 is 1.77 bits per heavy atom. The van der Waals surface area contributed by atoms with Gasteiger partial charge in [0.1, 0.15) is 5.75 Å². The molecule has 4 heteroatoms. The molecule has 0 unspecified atom stereocenters. The Labute approximate surface area is 131 Å². The summed E-state index contributed by atoms with van der Waals surface area (Å²) in [4.78, 5) is 11.8. The van der Waals surface area contributed by atoms with Crippen molar-refractivity contribution < 1.29 is 9.53 Å². The Balaban J connectivity index is 1.73. The summed E-state index contributed by atoms with van der Waals surface area (Å²) in [5.41, 5.74) is 3.42. The number of hydrogen-bond donors (Lipinski definition) is 2. The second-order valence-corrected chi connectivity index (χ2v) is 5.16. The second kappa shape index (κ2) is 8.08. The lowest BCUT2D eigenvalue weighted by Crippen LogP contribution is -2.36. The average molecular weight is 298 g/mol. The lowest BCUT2D eigenvalue weighted by molar-refractivity contribution is 0.240. The molecule has 0 bridgehead atoms. The summed E-state index contributed by atoms with van der Waals surface area (Å²) >= 11 is 0. The van der Waals surface area contributed by atoms with E-state index >= 15 is 0 Å². The first-order chi connectivity index (χ1) is 10.7. The third-order valence-electron chi connectivity index (χ3n) is 3.45. The first-order valence-corrected chi connectivity index (χ1v) is 7.38. The van der Waals surface area contributed by atoms with E-state index in [9.17, 15) is 4.79 Å². The number of amides is 2. The molecule has 0 heterocycles. The van der Waals surface area contributed by atoms with Crippen LogP contribution in [-0.2, 0) is 13.0 Å². The number of rotatable bonds is 6. The van der Waals surface area contributed by atoms with Crippen molar-refractivity contribution in [3.8, 4) is 5.75 Å². The highest BCUT2D eigenvalue weighted by Crippen LogP contribution is 2.16. The average Bonchev–Trinajstić information content (AvgIpc) is 2.55. The molecule has 2 aromatic rings. The van der Waals surface area contributed by atoms with Crippen LogP contribution in [0.15, 0.2) is 48.5 Å². The molecular weight excluding hydrogens is 276 g/mol. The Morgan fingerprint density at radius 3 is 2.50 bits per heavy atom. The molecule has 0 aliphatic rings. The Hall–Kier alpha value is -2.49. The third kappa shape index (κ3) is 4.81. The number of urea groups is 1. The molecule has 2 amide bonds. The van der Waals surface area contributed by atoms with Gasteiger partial charge in [0, 0.05) is 18.7 Å². The van der Waals surface area contributed by atoms with Crippen LogP contribution in [0.25, 0.3) is 0 Å². The zero-order valence-electron chi connectivity index (χ0n) is 13.1. The van der Waals surface area contributed by atoms with E-state index in [0.29, 0.717) is 13.1 Å². The molecule has 0 saturated heterocycles. The minimum absolute atomic E-state index is 0.169. The summed E-state index contributed by atoms with van der Waals surface area (Å²) in [7, 11) is 1.63. The van der Waals surface area contributed by atoms with Crippen LogP contribution < -0.4 is 15.4 Å². The number of carbonyl (C=O) groups is 1. The second-order valence-electron chi connectivity index (χ2n) is 5.16. The predicted octanol–water partition coefficient (Wildman–Crippen LogP) is 3.05. The van der Waals surface area contributed by atoms with Gasteiger partial charge in [-0.05, 0) is 25.0 Å². The van der Waals surface area contributed by atoms with Gasteiger partial charge >= 0.3 is 6.03 Å². The Kier molecular flexibility index (Phi) is 5.83. The summed E-state index contributed by atoms with van der Waals surface area (Å²) < 4.78 is 5.25. The molecule has 0 spiro atoms. The van der Waals surface area contributed by atoms with Gasteiger partial charge in [0.05, 0.1) is 7.11 Å². The highest BCUT2D eigenvalue weighted by Gasteiger charge is 2.04. The van der Waals surface area contributed by atoms with E-state index in [2.05, 4.69) is 41.8 Å². The molecule has 4 nitrogen and oxygen atoms in total. The quantitative estimate of drug-likeness (QED) is 0.861. The van der Waals surface area contributed by atoms with Crippen LogP contribution in [0.1, 0.15) is 16.7 Å². The lowest BCUT2D eigenvalue weighted by Gasteiger charge is -2.10. The van der Waals surface area contributed by atoms with Crippen LogP contribution in [-0.4, -0.2) is 19.7 Å². The maximum atomic E-state index is 11.8. The van der Waals surface area contributed by atoms with Crippen molar-refractivity contribution in [2.75, 3.05) is 13.7 Å². The number of nitrogens with one attached hydrogen (secondary N) is 2. The van der Waals surface area contributed by atoms with Gasteiger partial charge in [0.25, 0.3) is 0 Å². The molecule has 0 aliphatic carbocycles. The zero-order chi connectivity index (χ0) is 15.8. The number of ether oxygens (including phenoxy) is 1. The van der Waals surface area contributed by atoms with Crippen molar-refractivity contribution in [2.24, 2.45) is 0 Å². The van der Waals surface area contributed by atoms with Crippen LogP contribution >= 0.6 is 0 Å². The first-order valence-electron chi connectivity index (χ1n) is 7.38. The fourth-order valence-electron chi connectivity index (χ4n) is 2.16. The van der Waals surface area contributed by atoms with Gasteiger partial charge < -0.3 is 15.4 Å². The normalized spacial score (nSPS) is 10.1. The number of para-hydroxylation sites is 1. The standard InChI is InChI=1S/C18H22N2O2/c1-14-7-9-15(10-8-14)11-12-19-18(21)20-13-16-5-3-4-6-17(16)22-2/h3-10H,11-13H2,1-2H3,(H2,19,20,21). The molecule has 2 aromatic carbocycles. The molecule has 2 N–H and O–H groups in total. The molecule has 2 rings (SSSR count). The van der Waals surface area contributed by atoms with E-state index in [1.54, 1.807) is 7.11 Å². The molecule has 0 atom stereocenters. The van der Waals surface area contributed by atoms with Crippen molar-refractivity contribution in [1.82, 2.24) is 10.6 Å². The monoisotopic (exact) mass is 298 g/mol.